The van der Waals surface area contributed by atoms with Crippen LogP contribution in [0.2, 0.25) is 0 Å². The van der Waals surface area contributed by atoms with Gasteiger partial charge in [0.25, 0.3) is 0 Å². The van der Waals surface area contributed by atoms with Crippen molar-refractivity contribution in [3.8, 4) is 0 Å². The highest BCUT2D eigenvalue weighted by Crippen LogP contribution is 2.06. The predicted octanol–water partition coefficient (Wildman–Crippen LogP) is -0.276. The van der Waals surface area contributed by atoms with Crippen molar-refractivity contribution in [3.63, 3.8) is 0 Å². The smallest absolute Gasteiger partial charge is 0.236 e. The molecule has 4 heteroatoms. The summed E-state index contributed by atoms with van der Waals surface area (Å²) < 4.78 is 0. The average molecular weight is 155 g/mol. The van der Waals surface area contributed by atoms with E-state index in [4.69, 9.17) is 0 Å². The van der Waals surface area contributed by atoms with E-state index in [1.807, 2.05) is 0 Å². The van der Waals surface area contributed by atoms with Gasteiger partial charge < -0.3 is 0 Å². The number of likely N-dealkylation sites (tertiary alicyclic amines) is 1. The second-order valence-corrected chi connectivity index (χ2v) is 2.53. The lowest BCUT2D eigenvalue weighted by atomic mass is 10.1. The van der Waals surface area contributed by atoms with Gasteiger partial charge in [-0.3, -0.25) is 19.3 Å². The molecule has 0 radical (unpaired) electrons. The van der Waals surface area contributed by atoms with E-state index in [1.54, 1.807) is 0 Å². The van der Waals surface area contributed by atoms with E-state index in [1.165, 1.54) is 6.92 Å². The zero-order valence-corrected chi connectivity index (χ0v) is 6.29. The van der Waals surface area contributed by atoms with Crippen molar-refractivity contribution in [1.82, 2.24) is 4.90 Å². The number of imide groups is 1. The van der Waals surface area contributed by atoms with Crippen molar-refractivity contribution in [1.29, 1.82) is 0 Å². The lowest BCUT2D eigenvalue weighted by Crippen LogP contribution is -2.41. The Kier molecular flexibility index (Phi) is 2.03. The highest BCUT2D eigenvalue weighted by atomic mass is 16.2. The van der Waals surface area contributed by atoms with E-state index >= 15 is 0 Å². The van der Waals surface area contributed by atoms with Crippen molar-refractivity contribution in [2.75, 3.05) is 6.54 Å². The molecule has 4 nitrogen and oxygen atoms in total. The molecule has 2 amide bonds. The van der Waals surface area contributed by atoms with Crippen LogP contribution in [0.5, 0.6) is 0 Å². The Morgan fingerprint density at radius 3 is 2.55 bits per heavy atom. The van der Waals surface area contributed by atoms with Crippen molar-refractivity contribution in [2.24, 2.45) is 0 Å². The molecule has 0 spiro atoms. The molecule has 1 saturated heterocycles. The van der Waals surface area contributed by atoms with E-state index in [0.29, 0.717) is 6.42 Å². The number of carbonyl (C=O) groups excluding carboxylic acids is 3. The molecule has 11 heavy (non-hydrogen) atoms. The SMILES string of the molecule is CC(=O)N1CCC(=O)CC1=O. The molecule has 60 valence electrons. The van der Waals surface area contributed by atoms with Crippen molar-refractivity contribution >= 4 is 17.6 Å². The Hall–Kier alpha value is -1.19. The second kappa shape index (κ2) is 2.82. The molecule has 1 aliphatic rings. The van der Waals surface area contributed by atoms with Gasteiger partial charge in [-0.25, -0.2) is 0 Å². The molecular formula is C7H9NO3. The summed E-state index contributed by atoms with van der Waals surface area (Å²) in [6.45, 7) is 1.58. The number of rotatable bonds is 0. The van der Waals surface area contributed by atoms with Gasteiger partial charge in [-0.1, -0.05) is 0 Å². The standard InChI is InChI=1S/C7H9NO3/c1-5(9)8-3-2-6(10)4-7(8)11/h2-4H2,1H3. The van der Waals surface area contributed by atoms with Gasteiger partial charge in [-0.15, -0.1) is 0 Å². The Morgan fingerprint density at radius 2 is 2.09 bits per heavy atom. The molecule has 0 aromatic heterocycles. The van der Waals surface area contributed by atoms with Gasteiger partial charge in [0.1, 0.15) is 5.78 Å². The maximum absolute atomic E-state index is 10.9. The summed E-state index contributed by atoms with van der Waals surface area (Å²) >= 11 is 0. The van der Waals surface area contributed by atoms with Gasteiger partial charge in [0, 0.05) is 19.9 Å². The highest BCUT2D eigenvalue weighted by molar-refractivity contribution is 6.06. The van der Waals surface area contributed by atoms with Crippen LogP contribution in [0.3, 0.4) is 0 Å². The van der Waals surface area contributed by atoms with Crippen LogP contribution in [0.1, 0.15) is 19.8 Å². The number of hydrogen-bond acceptors (Lipinski definition) is 3. The molecule has 0 atom stereocenters. The van der Waals surface area contributed by atoms with Crippen LogP contribution in [0.25, 0.3) is 0 Å². The van der Waals surface area contributed by atoms with Crippen LogP contribution in [0.15, 0.2) is 0 Å². The first kappa shape index (κ1) is 7.91. The molecule has 0 aromatic rings. The lowest BCUT2D eigenvalue weighted by molar-refractivity contribution is -0.147. The Bertz CT molecular complexity index is 222. The topological polar surface area (TPSA) is 54.5 Å². The summed E-state index contributed by atoms with van der Waals surface area (Å²) in [5.74, 6) is -0.719. The van der Waals surface area contributed by atoms with Crippen LogP contribution in [-0.4, -0.2) is 29.0 Å². The fourth-order valence-electron chi connectivity index (χ4n) is 1.05. The van der Waals surface area contributed by atoms with Gasteiger partial charge >= 0.3 is 0 Å². The number of piperidine rings is 1. The zero-order chi connectivity index (χ0) is 8.43. The third-order valence-electron chi connectivity index (χ3n) is 1.64. The van der Waals surface area contributed by atoms with E-state index in [9.17, 15) is 14.4 Å². The van der Waals surface area contributed by atoms with Gasteiger partial charge in [0.15, 0.2) is 0 Å². The van der Waals surface area contributed by atoms with Crippen LogP contribution in [0, 0.1) is 0 Å². The van der Waals surface area contributed by atoms with Crippen LogP contribution >= 0.6 is 0 Å². The molecule has 1 heterocycles. The third-order valence-corrected chi connectivity index (χ3v) is 1.64. The quantitative estimate of drug-likeness (QED) is 0.452. The molecule has 1 rings (SSSR count). The molecule has 0 N–H and O–H groups in total. The molecule has 0 bridgehead atoms. The number of nitrogens with zero attached hydrogens (tertiary/aromatic N) is 1. The first-order valence-electron chi connectivity index (χ1n) is 3.44. The number of ketones is 1. The zero-order valence-electron chi connectivity index (χ0n) is 6.29. The summed E-state index contributed by atoms with van der Waals surface area (Å²) in [6.07, 6.45) is 0.199. The summed E-state index contributed by atoms with van der Waals surface area (Å²) in [6, 6.07) is 0. The molecule has 0 aromatic carbocycles. The molecular weight excluding hydrogens is 146 g/mol. The molecule has 0 aliphatic carbocycles. The highest BCUT2D eigenvalue weighted by Gasteiger charge is 2.25. The summed E-state index contributed by atoms with van der Waals surface area (Å²) in [4.78, 5) is 33.4. The predicted molar refractivity (Wildman–Crippen MR) is 36.6 cm³/mol. The maximum atomic E-state index is 10.9. The summed E-state index contributed by atoms with van der Waals surface area (Å²) in [5.41, 5.74) is 0. The fraction of sp³-hybridized carbons (Fsp3) is 0.571. The number of carbonyl (C=O) groups is 3. The minimum Gasteiger partial charge on any atom is -0.299 e. The first-order chi connectivity index (χ1) is 5.11. The number of hydrogen-bond donors (Lipinski definition) is 0. The van der Waals surface area contributed by atoms with Crippen molar-refractivity contribution in [2.45, 2.75) is 19.8 Å². The fourth-order valence-corrected chi connectivity index (χ4v) is 1.05. The molecule has 0 saturated carbocycles. The van der Waals surface area contributed by atoms with Crippen molar-refractivity contribution < 1.29 is 14.4 Å². The Labute approximate surface area is 64.2 Å². The second-order valence-electron chi connectivity index (χ2n) is 2.53. The van der Waals surface area contributed by atoms with Crippen LogP contribution < -0.4 is 0 Å². The number of amides is 2. The monoisotopic (exact) mass is 155 g/mol. The van der Waals surface area contributed by atoms with E-state index in [-0.39, 0.29) is 30.6 Å². The lowest BCUT2D eigenvalue weighted by Gasteiger charge is -2.22. The summed E-state index contributed by atoms with van der Waals surface area (Å²) in [7, 11) is 0. The van der Waals surface area contributed by atoms with Crippen LogP contribution in [0.4, 0.5) is 0 Å². The molecule has 1 aliphatic heterocycles. The van der Waals surface area contributed by atoms with E-state index in [0.717, 1.165) is 4.90 Å². The Morgan fingerprint density at radius 1 is 1.45 bits per heavy atom. The third kappa shape index (κ3) is 1.63. The van der Waals surface area contributed by atoms with Gasteiger partial charge in [-0.2, -0.15) is 0 Å². The average Bonchev–Trinajstić information content (AvgIpc) is 1.85. The summed E-state index contributed by atoms with van der Waals surface area (Å²) in [5, 5.41) is 0. The maximum Gasteiger partial charge on any atom is 0.236 e. The van der Waals surface area contributed by atoms with Gasteiger partial charge in [0.05, 0.1) is 6.42 Å². The molecule has 0 unspecified atom stereocenters. The molecule has 1 fully saturated rings. The van der Waals surface area contributed by atoms with Gasteiger partial charge in [0.2, 0.25) is 11.8 Å². The number of Topliss-reactive ketones (excluding diaryl/α,β-unsaturated/α-hetero) is 1. The minimum absolute atomic E-state index is 0.0764. The normalized spacial score (nSPS) is 18.8. The largest absolute Gasteiger partial charge is 0.299 e. The van der Waals surface area contributed by atoms with E-state index < -0.39 is 0 Å². The van der Waals surface area contributed by atoms with E-state index in [2.05, 4.69) is 0 Å². The van der Waals surface area contributed by atoms with Gasteiger partial charge in [-0.05, 0) is 0 Å². The van der Waals surface area contributed by atoms with Crippen LogP contribution in [-0.2, 0) is 14.4 Å². The first-order valence-corrected chi connectivity index (χ1v) is 3.44. The van der Waals surface area contributed by atoms with Crippen molar-refractivity contribution in [3.05, 3.63) is 0 Å². The Balaban J connectivity index is 2.65. The minimum atomic E-state index is -0.367.